The predicted octanol–water partition coefficient (Wildman–Crippen LogP) is 5.61. The molecule has 0 radical (unpaired) electrons. The standard InChI is InChI=1S/C21H20Cl2FN3O/c1-28-11-13-3-2-8-27(10-13)21-19-15(14-4-6-16(22)17(23)9-14)5-7-18(24)20(19)25-12-26-21/h4-7,9,12-13H,2-3,8,10-11H2,1H3. The Labute approximate surface area is 173 Å². The summed E-state index contributed by atoms with van der Waals surface area (Å²) in [6.45, 7) is 2.38. The van der Waals surface area contributed by atoms with Crippen molar-refractivity contribution in [2.45, 2.75) is 12.8 Å². The lowest BCUT2D eigenvalue weighted by Crippen LogP contribution is -2.37. The normalized spacial score (nSPS) is 17.3. The first-order chi connectivity index (χ1) is 13.6. The van der Waals surface area contributed by atoms with Crippen molar-refractivity contribution >= 4 is 39.9 Å². The van der Waals surface area contributed by atoms with E-state index in [0.717, 1.165) is 42.9 Å². The van der Waals surface area contributed by atoms with Crippen LogP contribution in [-0.2, 0) is 4.74 Å². The maximum atomic E-state index is 14.6. The van der Waals surface area contributed by atoms with Crippen LogP contribution in [0.15, 0.2) is 36.7 Å². The van der Waals surface area contributed by atoms with Crippen molar-refractivity contribution in [2.24, 2.45) is 5.92 Å². The van der Waals surface area contributed by atoms with Gasteiger partial charge in [-0.15, -0.1) is 0 Å². The minimum atomic E-state index is -0.368. The maximum absolute atomic E-state index is 14.6. The molecular weight excluding hydrogens is 400 g/mol. The molecule has 1 aliphatic rings. The highest BCUT2D eigenvalue weighted by Crippen LogP contribution is 2.38. The van der Waals surface area contributed by atoms with E-state index in [0.29, 0.717) is 33.5 Å². The van der Waals surface area contributed by atoms with Gasteiger partial charge in [0.2, 0.25) is 0 Å². The van der Waals surface area contributed by atoms with Crippen LogP contribution in [0.25, 0.3) is 22.0 Å². The topological polar surface area (TPSA) is 38.2 Å². The highest BCUT2D eigenvalue weighted by molar-refractivity contribution is 6.42. The second-order valence-corrected chi connectivity index (χ2v) is 7.87. The van der Waals surface area contributed by atoms with Crippen molar-refractivity contribution in [3.63, 3.8) is 0 Å². The van der Waals surface area contributed by atoms with Crippen molar-refractivity contribution in [3.8, 4) is 11.1 Å². The van der Waals surface area contributed by atoms with E-state index in [-0.39, 0.29) is 5.82 Å². The third-order valence-corrected chi connectivity index (χ3v) is 5.91. The second kappa shape index (κ2) is 8.19. The van der Waals surface area contributed by atoms with E-state index in [9.17, 15) is 4.39 Å². The second-order valence-electron chi connectivity index (χ2n) is 7.05. The van der Waals surface area contributed by atoms with Crippen molar-refractivity contribution in [1.82, 2.24) is 9.97 Å². The smallest absolute Gasteiger partial charge is 0.149 e. The molecule has 0 N–H and O–H groups in total. The van der Waals surface area contributed by atoms with E-state index < -0.39 is 0 Å². The molecule has 1 aliphatic heterocycles. The van der Waals surface area contributed by atoms with E-state index in [1.807, 2.05) is 6.07 Å². The molecular formula is C21H20Cl2FN3O. The minimum Gasteiger partial charge on any atom is -0.384 e. The molecule has 0 bridgehead atoms. The fourth-order valence-corrected chi connectivity index (χ4v) is 4.20. The average molecular weight is 420 g/mol. The van der Waals surface area contributed by atoms with E-state index in [2.05, 4.69) is 14.9 Å². The zero-order chi connectivity index (χ0) is 19.7. The van der Waals surface area contributed by atoms with Crippen molar-refractivity contribution < 1.29 is 9.13 Å². The zero-order valence-corrected chi connectivity index (χ0v) is 17.0. The van der Waals surface area contributed by atoms with Crippen molar-refractivity contribution in [3.05, 3.63) is 52.5 Å². The number of anilines is 1. The number of piperidine rings is 1. The van der Waals surface area contributed by atoms with Crippen LogP contribution in [0.5, 0.6) is 0 Å². The molecule has 2 heterocycles. The highest BCUT2D eigenvalue weighted by atomic mass is 35.5. The summed E-state index contributed by atoms with van der Waals surface area (Å²) in [5.74, 6) is 0.796. The number of ether oxygens (including phenoxy) is 1. The number of hydrogen-bond donors (Lipinski definition) is 0. The summed E-state index contributed by atoms with van der Waals surface area (Å²) in [5.41, 5.74) is 1.99. The number of aromatic nitrogens is 2. The van der Waals surface area contributed by atoms with Gasteiger partial charge in [0.05, 0.1) is 22.0 Å². The fourth-order valence-electron chi connectivity index (χ4n) is 3.90. The first-order valence-electron chi connectivity index (χ1n) is 9.21. The van der Waals surface area contributed by atoms with E-state index >= 15 is 0 Å². The van der Waals surface area contributed by atoms with Crippen molar-refractivity contribution in [1.29, 1.82) is 0 Å². The van der Waals surface area contributed by atoms with Gasteiger partial charge in [0.15, 0.2) is 0 Å². The Kier molecular flexibility index (Phi) is 5.67. The Bertz CT molecular complexity index is 1010. The molecule has 1 aromatic heterocycles. The van der Waals surface area contributed by atoms with Crippen LogP contribution in [0.3, 0.4) is 0 Å². The zero-order valence-electron chi connectivity index (χ0n) is 15.5. The van der Waals surface area contributed by atoms with Gasteiger partial charge >= 0.3 is 0 Å². The number of hydrogen-bond acceptors (Lipinski definition) is 4. The number of rotatable bonds is 4. The Hall–Kier alpha value is -1.95. The Morgan fingerprint density at radius 3 is 2.82 bits per heavy atom. The van der Waals surface area contributed by atoms with Crippen LogP contribution in [0.1, 0.15) is 12.8 Å². The Morgan fingerprint density at radius 1 is 1.18 bits per heavy atom. The lowest BCUT2D eigenvalue weighted by molar-refractivity contribution is 0.143. The van der Waals surface area contributed by atoms with Gasteiger partial charge in [-0.3, -0.25) is 0 Å². The average Bonchev–Trinajstić information content (AvgIpc) is 2.71. The number of nitrogens with zero attached hydrogens (tertiary/aromatic N) is 3. The summed E-state index contributed by atoms with van der Waals surface area (Å²) in [7, 11) is 1.72. The number of methoxy groups -OCH3 is 1. The molecule has 1 atom stereocenters. The molecule has 4 rings (SSSR count). The van der Waals surface area contributed by atoms with Gasteiger partial charge in [0, 0.05) is 20.2 Å². The molecule has 4 nitrogen and oxygen atoms in total. The van der Waals surface area contributed by atoms with Crippen LogP contribution >= 0.6 is 23.2 Å². The monoisotopic (exact) mass is 419 g/mol. The van der Waals surface area contributed by atoms with E-state index in [1.54, 1.807) is 25.3 Å². The highest BCUT2D eigenvalue weighted by Gasteiger charge is 2.24. The minimum absolute atomic E-state index is 0.308. The van der Waals surface area contributed by atoms with Gasteiger partial charge in [-0.1, -0.05) is 35.3 Å². The number of fused-ring (bicyclic) bond motifs is 1. The predicted molar refractivity (Wildman–Crippen MR) is 112 cm³/mol. The Balaban J connectivity index is 1.87. The summed E-state index contributed by atoms with van der Waals surface area (Å²) in [4.78, 5) is 11.0. The number of halogens is 3. The molecule has 0 aliphatic carbocycles. The van der Waals surface area contributed by atoms with E-state index in [1.165, 1.54) is 12.4 Å². The van der Waals surface area contributed by atoms with Crippen molar-refractivity contribution in [2.75, 3.05) is 31.7 Å². The summed E-state index contributed by atoms with van der Waals surface area (Å²) < 4.78 is 19.9. The first-order valence-corrected chi connectivity index (χ1v) is 9.96. The quantitative estimate of drug-likeness (QED) is 0.550. The van der Waals surface area contributed by atoms with Crippen LogP contribution in [0, 0.1) is 11.7 Å². The first kappa shape index (κ1) is 19.4. The maximum Gasteiger partial charge on any atom is 0.149 e. The fraction of sp³-hybridized carbons (Fsp3) is 0.333. The molecule has 28 heavy (non-hydrogen) atoms. The third-order valence-electron chi connectivity index (χ3n) is 5.17. The van der Waals surface area contributed by atoms with Gasteiger partial charge in [-0.05, 0) is 48.1 Å². The Morgan fingerprint density at radius 2 is 2.04 bits per heavy atom. The van der Waals surface area contributed by atoms with Crippen LogP contribution in [0.2, 0.25) is 10.0 Å². The molecule has 0 spiro atoms. The molecule has 1 fully saturated rings. The summed E-state index contributed by atoms with van der Waals surface area (Å²) in [6.07, 6.45) is 3.58. The molecule has 7 heteroatoms. The van der Waals surface area contributed by atoms with Gasteiger partial charge in [0.25, 0.3) is 0 Å². The third kappa shape index (κ3) is 3.66. The lowest BCUT2D eigenvalue weighted by Gasteiger charge is -2.34. The summed E-state index contributed by atoms with van der Waals surface area (Å²) in [6, 6.07) is 8.59. The molecule has 3 aromatic rings. The van der Waals surface area contributed by atoms with Crippen LogP contribution < -0.4 is 4.90 Å². The molecule has 2 aromatic carbocycles. The summed E-state index contributed by atoms with van der Waals surface area (Å²) in [5, 5.41) is 1.62. The molecule has 0 saturated carbocycles. The van der Waals surface area contributed by atoms with Crippen LogP contribution in [0.4, 0.5) is 10.2 Å². The van der Waals surface area contributed by atoms with Gasteiger partial charge < -0.3 is 9.64 Å². The lowest BCUT2D eigenvalue weighted by atomic mass is 9.97. The largest absolute Gasteiger partial charge is 0.384 e. The molecule has 1 unspecified atom stereocenters. The molecule has 0 amide bonds. The molecule has 1 saturated heterocycles. The van der Waals surface area contributed by atoms with Gasteiger partial charge in [-0.25, -0.2) is 14.4 Å². The SMILES string of the molecule is COCC1CCCN(c2ncnc3c(F)ccc(-c4ccc(Cl)c(Cl)c4)c23)C1. The summed E-state index contributed by atoms with van der Waals surface area (Å²) >= 11 is 12.3. The van der Waals surface area contributed by atoms with Crippen LogP contribution in [-0.4, -0.2) is 36.8 Å². The van der Waals surface area contributed by atoms with Gasteiger partial charge in [-0.2, -0.15) is 0 Å². The number of benzene rings is 2. The van der Waals surface area contributed by atoms with E-state index in [4.69, 9.17) is 27.9 Å². The molecule has 146 valence electrons. The van der Waals surface area contributed by atoms with Gasteiger partial charge in [0.1, 0.15) is 23.5 Å².